The van der Waals surface area contributed by atoms with E-state index in [0.717, 1.165) is 5.75 Å². The van der Waals surface area contributed by atoms with Gasteiger partial charge < -0.3 is 4.52 Å². The van der Waals surface area contributed by atoms with Crippen molar-refractivity contribution >= 4 is 11.8 Å². The number of nitrogens with zero attached hydrogens (tertiary/aromatic N) is 4. The van der Waals surface area contributed by atoms with Crippen molar-refractivity contribution < 1.29 is 8.91 Å². The Labute approximate surface area is 141 Å². The van der Waals surface area contributed by atoms with Gasteiger partial charge in [-0.2, -0.15) is 26.5 Å². The molecule has 0 aliphatic heterocycles. The van der Waals surface area contributed by atoms with E-state index < -0.39 is 0 Å². The van der Waals surface area contributed by atoms with E-state index in [1.54, 1.807) is 11.8 Å². The number of hydrogen-bond acceptors (Lipinski definition) is 6. The number of rotatable bonds is 5. The summed E-state index contributed by atoms with van der Waals surface area (Å²) in [4.78, 5) is 16.4. The first-order valence-electron chi connectivity index (χ1n) is 7.40. The van der Waals surface area contributed by atoms with Crippen LogP contribution in [0.25, 0.3) is 17.3 Å². The maximum atomic E-state index is 13.0. The number of halogens is 1. The molecule has 0 unspecified atom stereocenters. The number of thioether (sulfide) groups is 1. The molecule has 0 bridgehead atoms. The highest BCUT2D eigenvalue weighted by molar-refractivity contribution is 7.99. The fourth-order valence-electron chi connectivity index (χ4n) is 2.12. The van der Waals surface area contributed by atoms with Crippen molar-refractivity contribution in [2.75, 3.05) is 5.75 Å². The normalized spacial score (nSPS) is 12.3. The van der Waals surface area contributed by atoms with Gasteiger partial charge in [0, 0.05) is 6.07 Å². The Hall–Kier alpha value is -2.48. The van der Waals surface area contributed by atoms with Gasteiger partial charge in [0.2, 0.25) is 0 Å². The molecule has 1 atom stereocenters. The highest BCUT2D eigenvalue weighted by atomic mass is 32.2. The molecule has 8 heteroatoms. The van der Waals surface area contributed by atoms with E-state index in [4.69, 9.17) is 4.52 Å². The minimum absolute atomic E-state index is 0.107. The van der Waals surface area contributed by atoms with Gasteiger partial charge >= 0.3 is 0 Å². The van der Waals surface area contributed by atoms with E-state index in [1.807, 2.05) is 6.92 Å². The van der Waals surface area contributed by atoms with Crippen LogP contribution in [0.4, 0.5) is 4.39 Å². The van der Waals surface area contributed by atoms with Crippen molar-refractivity contribution in [2.45, 2.75) is 19.1 Å². The molecule has 0 aliphatic rings. The zero-order chi connectivity index (χ0) is 17.1. The molecule has 0 radical (unpaired) electrons. The van der Waals surface area contributed by atoms with Crippen molar-refractivity contribution in [3.63, 3.8) is 0 Å². The Balaban J connectivity index is 1.97. The van der Waals surface area contributed by atoms with Crippen LogP contribution in [0, 0.1) is 5.82 Å². The van der Waals surface area contributed by atoms with Crippen LogP contribution in [-0.4, -0.2) is 25.7 Å². The predicted molar refractivity (Wildman–Crippen MR) is 89.6 cm³/mol. The highest BCUT2D eigenvalue weighted by Crippen LogP contribution is 2.26. The SMILES string of the molecule is CCS[C@H](C)c1noc(-c2ccc(=O)n(-c3ccc(F)cc3)n2)n1. The van der Waals surface area contributed by atoms with E-state index in [-0.39, 0.29) is 22.5 Å². The molecule has 1 aromatic carbocycles. The lowest BCUT2D eigenvalue weighted by molar-refractivity contribution is 0.420. The molecule has 0 saturated carbocycles. The molecular weight excluding hydrogens is 331 g/mol. The fourth-order valence-corrected chi connectivity index (χ4v) is 2.87. The first kappa shape index (κ1) is 16.4. The van der Waals surface area contributed by atoms with Gasteiger partial charge in [-0.3, -0.25) is 4.79 Å². The molecule has 24 heavy (non-hydrogen) atoms. The molecule has 6 nitrogen and oxygen atoms in total. The summed E-state index contributed by atoms with van der Waals surface area (Å²) in [6.45, 7) is 4.05. The molecule has 0 fully saturated rings. The van der Waals surface area contributed by atoms with E-state index in [2.05, 4.69) is 22.2 Å². The minimum Gasteiger partial charge on any atom is -0.332 e. The minimum atomic E-state index is -0.382. The lowest BCUT2D eigenvalue weighted by Gasteiger charge is -2.05. The molecule has 124 valence electrons. The second-order valence-corrected chi connectivity index (χ2v) is 6.62. The maximum Gasteiger partial charge on any atom is 0.278 e. The molecule has 0 saturated heterocycles. The molecular formula is C16H15FN4O2S. The van der Waals surface area contributed by atoms with Gasteiger partial charge in [0.15, 0.2) is 5.82 Å². The van der Waals surface area contributed by atoms with Crippen LogP contribution < -0.4 is 5.56 Å². The molecule has 0 N–H and O–H groups in total. The molecule has 3 rings (SSSR count). The van der Waals surface area contributed by atoms with E-state index in [9.17, 15) is 9.18 Å². The largest absolute Gasteiger partial charge is 0.332 e. The summed E-state index contributed by atoms with van der Waals surface area (Å²) in [5.74, 6) is 1.38. The number of aromatic nitrogens is 4. The summed E-state index contributed by atoms with van der Waals surface area (Å²) in [5.41, 5.74) is 0.504. The summed E-state index contributed by atoms with van der Waals surface area (Å²) in [5, 5.41) is 8.31. The van der Waals surface area contributed by atoms with Gasteiger partial charge in [-0.1, -0.05) is 12.1 Å². The standard InChI is InChI=1S/C16H15FN4O2S/c1-3-24-10(2)15-18-16(23-20-15)13-8-9-14(22)21(19-13)12-6-4-11(17)5-7-12/h4-10H,3H2,1-2H3/t10-/m1/s1. The van der Waals surface area contributed by atoms with Crippen LogP contribution in [0.15, 0.2) is 45.7 Å². The zero-order valence-electron chi connectivity index (χ0n) is 13.1. The second-order valence-electron chi connectivity index (χ2n) is 5.00. The van der Waals surface area contributed by atoms with E-state index in [0.29, 0.717) is 17.2 Å². The van der Waals surface area contributed by atoms with Gasteiger partial charge in [0.1, 0.15) is 11.5 Å². The molecule has 0 aliphatic carbocycles. The zero-order valence-corrected chi connectivity index (χ0v) is 14.0. The van der Waals surface area contributed by atoms with Gasteiger partial charge in [-0.05, 0) is 43.0 Å². The Morgan fingerprint density at radius 3 is 2.71 bits per heavy atom. The topological polar surface area (TPSA) is 73.8 Å². The summed E-state index contributed by atoms with van der Waals surface area (Å²) >= 11 is 1.70. The molecule has 0 spiro atoms. The van der Waals surface area contributed by atoms with Gasteiger partial charge in [0.25, 0.3) is 11.4 Å². The molecule has 0 amide bonds. The van der Waals surface area contributed by atoms with Crippen molar-refractivity contribution in [3.05, 3.63) is 58.4 Å². The monoisotopic (exact) mass is 346 g/mol. The lowest BCUT2D eigenvalue weighted by Crippen LogP contribution is -2.20. The smallest absolute Gasteiger partial charge is 0.278 e. The number of benzene rings is 1. The van der Waals surface area contributed by atoms with E-state index >= 15 is 0 Å². The summed E-state index contributed by atoms with van der Waals surface area (Å²) < 4.78 is 19.5. The van der Waals surface area contributed by atoms with Crippen LogP contribution in [0.5, 0.6) is 0 Å². The van der Waals surface area contributed by atoms with Gasteiger partial charge in [0.05, 0.1) is 10.9 Å². The molecule has 2 aromatic heterocycles. The van der Waals surface area contributed by atoms with Crippen molar-refractivity contribution in [3.8, 4) is 17.3 Å². The van der Waals surface area contributed by atoms with Crippen LogP contribution >= 0.6 is 11.8 Å². The van der Waals surface area contributed by atoms with Crippen LogP contribution in [0.2, 0.25) is 0 Å². The Bertz CT molecular complexity index is 892. The third kappa shape index (κ3) is 3.38. The Morgan fingerprint density at radius 2 is 2.00 bits per heavy atom. The predicted octanol–water partition coefficient (Wildman–Crippen LogP) is 3.24. The third-order valence-electron chi connectivity index (χ3n) is 3.31. The summed E-state index contributed by atoms with van der Waals surface area (Å²) in [6, 6.07) is 8.38. The van der Waals surface area contributed by atoms with Crippen LogP contribution in [0.3, 0.4) is 0 Å². The van der Waals surface area contributed by atoms with Crippen molar-refractivity contribution in [1.29, 1.82) is 0 Å². The first-order chi connectivity index (χ1) is 11.6. The van der Waals surface area contributed by atoms with Crippen LogP contribution in [-0.2, 0) is 0 Å². The highest BCUT2D eigenvalue weighted by Gasteiger charge is 2.16. The average Bonchev–Trinajstić information content (AvgIpc) is 3.07. The summed E-state index contributed by atoms with van der Waals surface area (Å²) in [7, 11) is 0. The quantitative estimate of drug-likeness (QED) is 0.706. The van der Waals surface area contributed by atoms with E-state index in [1.165, 1.54) is 41.1 Å². The summed E-state index contributed by atoms with van der Waals surface area (Å²) in [6.07, 6.45) is 0. The lowest BCUT2D eigenvalue weighted by atomic mass is 10.3. The van der Waals surface area contributed by atoms with Crippen molar-refractivity contribution in [1.82, 2.24) is 19.9 Å². The Kier molecular flexibility index (Phi) is 4.75. The number of hydrogen-bond donors (Lipinski definition) is 0. The fraction of sp³-hybridized carbons (Fsp3) is 0.250. The molecule has 2 heterocycles. The second kappa shape index (κ2) is 6.96. The first-order valence-corrected chi connectivity index (χ1v) is 8.45. The van der Waals surface area contributed by atoms with Gasteiger partial charge in [-0.25, -0.2) is 4.39 Å². The Morgan fingerprint density at radius 1 is 1.25 bits per heavy atom. The van der Waals surface area contributed by atoms with Gasteiger partial charge in [-0.15, -0.1) is 0 Å². The van der Waals surface area contributed by atoms with Crippen LogP contribution in [0.1, 0.15) is 24.9 Å². The third-order valence-corrected chi connectivity index (χ3v) is 4.36. The maximum absolute atomic E-state index is 13.0. The average molecular weight is 346 g/mol. The van der Waals surface area contributed by atoms with Crippen molar-refractivity contribution in [2.24, 2.45) is 0 Å². The molecule has 3 aromatic rings.